The Labute approximate surface area is 188 Å². The van der Waals surface area contributed by atoms with E-state index in [-0.39, 0.29) is 23.8 Å². The zero-order chi connectivity index (χ0) is 22.2. The third-order valence-electron chi connectivity index (χ3n) is 6.53. The van der Waals surface area contributed by atoms with E-state index in [1.807, 2.05) is 26.8 Å². The van der Waals surface area contributed by atoms with Gasteiger partial charge < -0.3 is 5.32 Å². The van der Waals surface area contributed by atoms with E-state index in [1.165, 1.54) is 12.8 Å². The smallest absolute Gasteiger partial charge is 0.277 e. The van der Waals surface area contributed by atoms with Crippen molar-refractivity contribution in [1.29, 1.82) is 0 Å². The quantitative estimate of drug-likeness (QED) is 0.683. The Balaban J connectivity index is 1.73. The lowest BCUT2D eigenvalue weighted by atomic mass is 9.93. The van der Waals surface area contributed by atoms with Crippen molar-refractivity contribution in [3.63, 3.8) is 0 Å². The number of anilines is 1. The van der Waals surface area contributed by atoms with Gasteiger partial charge in [-0.1, -0.05) is 51.1 Å². The number of carbonyl (C=O) groups excluding carboxylic acids is 2. The maximum Gasteiger partial charge on any atom is 0.277 e. The van der Waals surface area contributed by atoms with E-state index < -0.39 is 5.54 Å². The predicted octanol–water partition coefficient (Wildman–Crippen LogP) is 4.92. The minimum Gasteiger partial charge on any atom is -0.351 e. The molecule has 1 aromatic carbocycles. The van der Waals surface area contributed by atoms with Gasteiger partial charge in [-0.3, -0.25) is 19.2 Å². The molecule has 2 aliphatic rings. The van der Waals surface area contributed by atoms with Crippen molar-refractivity contribution in [3.05, 3.63) is 46.7 Å². The highest BCUT2D eigenvalue weighted by molar-refractivity contribution is 6.30. The number of carbonyl (C=O) groups is 2. The molecule has 1 aromatic heterocycles. The third kappa shape index (κ3) is 4.22. The average molecular weight is 443 g/mol. The van der Waals surface area contributed by atoms with Gasteiger partial charge in [0.25, 0.3) is 5.91 Å². The molecular formula is C24H31ClN4O2. The van der Waals surface area contributed by atoms with Crippen LogP contribution in [-0.4, -0.2) is 33.2 Å². The van der Waals surface area contributed by atoms with Crippen molar-refractivity contribution in [2.24, 2.45) is 0 Å². The molecule has 0 spiro atoms. The second-order valence-electron chi connectivity index (χ2n) is 9.32. The fraction of sp³-hybridized carbons (Fsp3) is 0.542. The van der Waals surface area contributed by atoms with Crippen LogP contribution in [0.2, 0.25) is 5.02 Å². The molecule has 1 fully saturated rings. The number of hydrogen-bond acceptors (Lipinski definition) is 3. The van der Waals surface area contributed by atoms with Crippen molar-refractivity contribution in [1.82, 2.24) is 15.1 Å². The first kappa shape index (κ1) is 21.9. The zero-order valence-corrected chi connectivity index (χ0v) is 19.3. The number of aromatic nitrogens is 2. The predicted molar refractivity (Wildman–Crippen MR) is 123 cm³/mol. The molecule has 0 bridgehead atoms. The van der Waals surface area contributed by atoms with Crippen LogP contribution in [-0.2, 0) is 11.3 Å². The first-order valence-electron chi connectivity index (χ1n) is 11.3. The van der Waals surface area contributed by atoms with E-state index in [2.05, 4.69) is 10.4 Å². The molecule has 1 N–H and O–H groups in total. The van der Waals surface area contributed by atoms with Gasteiger partial charge in [0.05, 0.1) is 12.2 Å². The SMILES string of the molecule is CC(C)c1cc2n(n1)C[C@](C)(C(=O)NC1CCCCCC1)N(c1ccc(Cl)cc1)C2=O. The van der Waals surface area contributed by atoms with Gasteiger partial charge in [0.2, 0.25) is 5.91 Å². The molecule has 1 saturated carbocycles. The van der Waals surface area contributed by atoms with E-state index in [4.69, 9.17) is 11.6 Å². The molecule has 1 aliphatic carbocycles. The summed E-state index contributed by atoms with van der Waals surface area (Å²) in [5.41, 5.74) is 0.933. The Morgan fingerprint density at radius 3 is 2.42 bits per heavy atom. The largest absolute Gasteiger partial charge is 0.351 e. The Morgan fingerprint density at radius 2 is 1.81 bits per heavy atom. The van der Waals surface area contributed by atoms with Crippen molar-refractivity contribution in [3.8, 4) is 0 Å². The Morgan fingerprint density at radius 1 is 1.16 bits per heavy atom. The van der Waals surface area contributed by atoms with Crippen LogP contribution in [0.15, 0.2) is 30.3 Å². The monoisotopic (exact) mass is 442 g/mol. The van der Waals surface area contributed by atoms with Gasteiger partial charge in [-0.15, -0.1) is 0 Å². The van der Waals surface area contributed by atoms with Crippen molar-refractivity contribution in [2.45, 2.75) is 83.3 Å². The molecule has 0 saturated heterocycles. The number of hydrogen-bond donors (Lipinski definition) is 1. The molecule has 31 heavy (non-hydrogen) atoms. The van der Waals surface area contributed by atoms with Crippen LogP contribution >= 0.6 is 11.6 Å². The van der Waals surface area contributed by atoms with Gasteiger partial charge in [0, 0.05) is 16.8 Å². The van der Waals surface area contributed by atoms with E-state index >= 15 is 0 Å². The summed E-state index contributed by atoms with van der Waals surface area (Å²) in [6, 6.07) is 9.09. The summed E-state index contributed by atoms with van der Waals surface area (Å²) in [4.78, 5) is 29.0. The lowest BCUT2D eigenvalue weighted by molar-refractivity contribution is -0.127. The van der Waals surface area contributed by atoms with Crippen molar-refractivity contribution in [2.75, 3.05) is 4.90 Å². The summed E-state index contributed by atoms with van der Waals surface area (Å²) in [5.74, 6) is -0.151. The van der Waals surface area contributed by atoms with Crippen LogP contribution < -0.4 is 10.2 Å². The third-order valence-corrected chi connectivity index (χ3v) is 6.78. The van der Waals surface area contributed by atoms with E-state index in [1.54, 1.807) is 33.8 Å². The van der Waals surface area contributed by atoms with Crippen LogP contribution in [0.1, 0.15) is 81.4 Å². The summed E-state index contributed by atoms with van der Waals surface area (Å²) >= 11 is 6.09. The van der Waals surface area contributed by atoms with E-state index in [0.29, 0.717) is 22.9 Å². The molecule has 2 aromatic rings. The van der Waals surface area contributed by atoms with Crippen LogP contribution in [0.5, 0.6) is 0 Å². The topological polar surface area (TPSA) is 67.2 Å². The van der Waals surface area contributed by atoms with E-state index in [9.17, 15) is 9.59 Å². The Bertz CT molecular complexity index is 960. The van der Waals surface area contributed by atoms with Gasteiger partial charge in [-0.2, -0.15) is 5.10 Å². The summed E-state index contributed by atoms with van der Waals surface area (Å²) in [7, 11) is 0. The van der Waals surface area contributed by atoms with Crippen LogP contribution in [0, 0.1) is 0 Å². The highest BCUT2D eigenvalue weighted by Gasteiger charge is 2.49. The van der Waals surface area contributed by atoms with Crippen LogP contribution in [0.25, 0.3) is 0 Å². The maximum atomic E-state index is 13.7. The second-order valence-corrected chi connectivity index (χ2v) is 9.76. The number of nitrogens with one attached hydrogen (secondary N) is 1. The Hall–Kier alpha value is -2.34. The molecule has 2 heterocycles. The van der Waals surface area contributed by atoms with Crippen LogP contribution in [0.3, 0.4) is 0 Å². The molecular weight excluding hydrogens is 412 g/mol. The molecule has 7 heteroatoms. The Kier molecular flexibility index (Phi) is 6.11. The lowest BCUT2D eigenvalue weighted by Gasteiger charge is -2.43. The molecule has 4 rings (SSSR count). The molecule has 1 atom stereocenters. The van der Waals surface area contributed by atoms with Crippen LogP contribution in [0.4, 0.5) is 5.69 Å². The summed E-state index contributed by atoms with van der Waals surface area (Å²) in [5, 5.41) is 8.50. The summed E-state index contributed by atoms with van der Waals surface area (Å²) in [6.07, 6.45) is 6.66. The number of fused-ring (bicyclic) bond motifs is 1. The molecule has 166 valence electrons. The fourth-order valence-corrected chi connectivity index (χ4v) is 4.77. The molecule has 0 radical (unpaired) electrons. The minimum atomic E-state index is -1.09. The van der Waals surface area contributed by atoms with Gasteiger partial charge in [-0.25, -0.2) is 0 Å². The minimum absolute atomic E-state index is 0.130. The molecule has 1 aliphatic heterocycles. The lowest BCUT2D eigenvalue weighted by Crippen LogP contribution is -2.65. The number of nitrogens with zero attached hydrogens (tertiary/aromatic N) is 3. The normalized spacial score (nSPS) is 22.4. The molecule has 2 amide bonds. The maximum absolute atomic E-state index is 13.7. The highest BCUT2D eigenvalue weighted by atomic mass is 35.5. The van der Waals surface area contributed by atoms with Gasteiger partial charge in [0.15, 0.2) is 0 Å². The average Bonchev–Trinajstić information content (AvgIpc) is 2.99. The van der Waals surface area contributed by atoms with E-state index in [0.717, 1.165) is 31.4 Å². The first-order valence-corrected chi connectivity index (χ1v) is 11.7. The first-order chi connectivity index (χ1) is 14.8. The number of amides is 2. The number of halogens is 1. The van der Waals surface area contributed by atoms with Gasteiger partial charge in [-0.05, 0) is 56.0 Å². The van der Waals surface area contributed by atoms with Gasteiger partial charge >= 0.3 is 0 Å². The van der Waals surface area contributed by atoms with Crippen molar-refractivity contribution < 1.29 is 9.59 Å². The molecule has 0 unspecified atom stereocenters. The second kappa shape index (κ2) is 8.65. The summed E-state index contributed by atoms with van der Waals surface area (Å²) < 4.78 is 1.71. The molecule has 6 nitrogen and oxygen atoms in total. The highest BCUT2D eigenvalue weighted by Crippen LogP contribution is 2.34. The standard InChI is InChI=1S/C24H31ClN4O2/c1-16(2)20-14-21-22(30)29(19-12-10-17(25)11-13-19)24(3,15-28(21)27-20)23(31)26-18-8-6-4-5-7-9-18/h10-14,16,18H,4-9,15H2,1-3H3,(H,26,31)/t24-/m1/s1. The number of benzene rings is 1. The van der Waals surface area contributed by atoms with Crippen molar-refractivity contribution >= 4 is 29.1 Å². The zero-order valence-electron chi connectivity index (χ0n) is 18.5. The van der Waals surface area contributed by atoms with Gasteiger partial charge in [0.1, 0.15) is 11.2 Å². The number of rotatable bonds is 4. The summed E-state index contributed by atoms with van der Waals surface area (Å²) in [6.45, 7) is 6.24. The fourth-order valence-electron chi connectivity index (χ4n) is 4.64.